The van der Waals surface area contributed by atoms with Crippen molar-refractivity contribution in [1.82, 2.24) is 0 Å². The second-order valence-corrected chi connectivity index (χ2v) is 5.07. The standard InChI is InChI=1S/C19H13NO4/c21-19(24-17-11-9-16(10-12-17)20(22)23)13-8-15-6-3-5-14-4-1-2-7-18(14)15/h1-13H. The largest absolute Gasteiger partial charge is 0.423 e. The van der Waals surface area contributed by atoms with E-state index in [-0.39, 0.29) is 11.4 Å². The molecule has 0 saturated heterocycles. The SMILES string of the molecule is O=C(C=Cc1cccc2ccccc12)Oc1ccc([N+](=O)[O-])cc1. The summed E-state index contributed by atoms with van der Waals surface area (Å²) in [5.74, 6) is -0.287. The summed E-state index contributed by atoms with van der Waals surface area (Å²) >= 11 is 0. The molecule has 0 unspecified atom stereocenters. The summed E-state index contributed by atoms with van der Waals surface area (Å²) in [4.78, 5) is 22.0. The molecule has 0 aliphatic heterocycles. The van der Waals surface area contributed by atoms with Gasteiger partial charge in [0, 0.05) is 18.2 Å². The lowest BCUT2D eigenvalue weighted by atomic mass is 10.0. The maximum Gasteiger partial charge on any atom is 0.336 e. The van der Waals surface area contributed by atoms with E-state index < -0.39 is 10.9 Å². The minimum absolute atomic E-state index is 0.0545. The van der Waals surface area contributed by atoms with Crippen molar-refractivity contribution >= 4 is 28.5 Å². The summed E-state index contributed by atoms with van der Waals surface area (Å²) in [6.07, 6.45) is 3.03. The van der Waals surface area contributed by atoms with E-state index in [9.17, 15) is 14.9 Å². The first-order valence-corrected chi connectivity index (χ1v) is 7.25. The first-order valence-electron chi connectivity index (χ1n) is 7.25. The number of carbonyl (C=O) groups is 1. The highest BCUT2D eigenvalue weighted by atomic mass is 16.6. The Balaban J connectivity index is 1.74. The van der Waals surface area contributed by atoms with Gasteiger partial charge in [0.05, 0.1) is 4.92 Å². The Bertz CT molecular complexity index is 924. The van der Waals surface area contributed by atoms with Crippen LogP contribution in [0.5, 0.6) is 5.75 Å². The number of benzene rings is 3. The Kier molecular flexibility index (Phi) is 4.34. The zero-order valence-corrected chi connectivity index (χ0v) is 12.6. The number of non-ortho nitro benzene ring substituents is 1. The van der Waals surface area contributed by atoms with Gasteiger partial charge in [0.1, 0.15) is 5.75 Å². The quantitative estimate of drug-likeness (QED) is 0.235. The van der Waals surface area contributed by atoms with Gasteiger partial charge in [0.15, 0.2) is 0 Å². The Labute approximate surface area is 138 Å². The number of rotatable bonds is 4. The summed E-state index contributed by atoms with van der Waals surface area (Å²) in [5, 5.41) is 12.7. The lowest BCUT2D eigenvalue weighted by Gasteiger charge is -2.02. The number of hydrogen-bond acceptors (Lipinski definition) is 4. The average Bonchev–Trinajstić information content (AvgIpc) is 2.60. The fourth-order valence-electron chi connectivity index (χ4n) is 2.34. The number of ether oxygens (including phenoxy) is 1. The van der Waals surface area contributed by atoms with Gasteiger partial charge in [-0.2, -0.15) is 0 Å². The molecule has 0 N–H and O–H groups in total. The number of nitro groups is 1. The predicted molar refractivity (Wildman–Crippen MR) is 91.7 cm³/mol. The van der Waals surface area contributed by atoms with Crippen molar-refractivity contribution in [3.05, 3.63) is 88.5 Å². The third-order valence-corrected chi connectivity index (χ3v) is 3.49. The van der Waals surface area contributed by atoms with Crippen molar-refractivity contribution in [1.29, 1.82) is 0 Å². The van der Waals surface area contributed by atoms with Crippen LogP contribution in [-0.4, -0.2) is 10.9 Å². The van der Waals surface area contributed by atoms with E-state index in [4.69, 9.17) is 4.74 Å². The molecule has 3 rings (SSSR count). The van der Waals surface area contributed by atoms with E-state index >= 15 is 0 Å². The molecule has 0 amide bonds. The van der Waals surface area contributed by atoms with Gasteiger partial charge in [-0.3, -0.25) is 10.1 Å². The van der Waals surface area contributed by atoms with Crippen LogP contribution < -0.4 is 4.74 Å². The summed E-state index contributed by atoms with van der Waals surface area (Å²) < 4.78 is 5.13. The molecule has 5 heteroatoms. The predicted octanol–water partition coefficient (Wildman–Crippen LogP) is 4.37. The molecule has 0 atom stereocenters. The summed E-state index contributed by atoms with van der Waals surface area (Å²) in [5.41, 5.74) is 0.856. The number of esters is 1. The molecule has 0 heterocycles. The monoisotopic (exact) mass is 319 g/mol. The maximum atomic E-state index is 11.9. The second-order valence-electron chi connectivity index (χ2n) is 5.07. The highest BCUT2D eigenvalue weighted by Gasteiger charge is 2.06. The van der Waals surface area contributed by atoms with Crippen LogP contribution in [0, 0.1) is 10.1 Å². The molecule has 24 heavy (non-hydrogen) atoms. The molecular weight excluding hydrogens is 306 g/mol. The van der Waals surface area contributed by atoms with Crippen LogP contribution >= 0.6 is 0 Å². The highest BCUT2D eigenvalue weighted by molar-refractivity contribution is 5.95. The van der Waals surface area contributed by atoms with Gasteiger partial charge in [-0.25, -0.2) is 4.79 Å². The van der Waals surface area contributed by atoms with Crippen molar-refractivity contribution in [2.24, 2.45) is 0 Å². The molecule has 0 aliphatic carbocycles. The van der Waals surface area contributed by atoms with Crippen molar-refractivity contribution in [2.75, 3.05) is 0 Å². The lowest BCUT2D eigenvalue weighted by Crippen LogP contribution is -2.03. The van der Waals surface area contributed by atoms with Crippen LogP contribution in [-0.2, 0) is 4.79 Å². The van der Waals surface area contributed by atoms with Gasteiger partial charge in [0.2, 0.25) is 0 Å². The number of nitro benzene ring substituents is 1. The normalized spacial score (nSPS) is 10.8. The van der Waals surface area contributed by atoms with Gasteiger partial charge < -0.3 is 4.74 Å². The molecule has 0 aromatic heterocycles. The van der Waals surface area contributed by atoms with E-state index in [1.54, 1.807) is 6.08 Å². The number of hydrogen-bond donors (Lipinski definition) is 0. The Morgan fingerprint density at radius 2 is 1.67 bits per heavy atom. The Morgan fingerprint density at radius 3 is 2.42 bits per heavy atom. The van der Waals surface area contributed by atoms with Crippen LogP contribution in [0.2, 0.25) is 0 Å². The van der Waals surface area contributed by atoms with E-state index in [1.807, 2.05) is 42.5 Å². The lowest BCUT2D eigenvalue weighted by molar-refractivity contribution is -0.384. The fourth-order valence-corrected chi connectivity index (χ4v) is 2.34. The van der Waals surface area contributed by atoms with Gasteiger partial charge in [-0.05, 0) is 34.5 Å². The van der Waals surface area contributed by atoms with Gasteiger partial charge >= 0.3 is 5.97 Å². The summed E-state index contributed by atoms with van der Waals surface area (Å²) in [6.45, 7) is 0. The number of nitrogens with zero attached hydrogens (tertiary/aromatic N) is 1. The molecule has 3 aromatic rings. The second kappa shape index (κ2) is 6.75. The maximum absolute atomic E-state index is 11.9. The molecule has 0 spiro atoms. The van der Waals surface area contributed by atoms with Crippen molar-refractivity contribution < 1.29 is 14.5 Å². The third-order valence-electron chi connectivity index (χ3n) is 3.49. The van der Waals surface area contributed by atoms with Crippen LogP contribution in [0.3, 0.4) is 0 Å². The van der Waals surface area contributed by atoms with Gasteiger partial charge in [-0.1, -0.05) is 42.5 Å². The molecule has 3 aromatic carbocycles. The Hall–Kier alpha value is -3.47. The minimum atomic E-state index is -0.545. The van der Waals surface area contributed by atoms with Gasteiger partial charge in [-0.15, -0.1) is 0 Å². The van der Waals surface area contributed by atoms with Gasteiger partial charge in [0.25, 0.3) is 5.69 Å². The van der Waals surface area contributed by atoms with Crippen LogP contribution in [0.25, 0.3) is 16.8 Å². The number of carbonyl (C=O) groups excluding carboxylic acids is 1. The van der Waals surface area contributed by atoms with E-state index in [2.05, 4.69) is 0 Å². The molecule has 0 saturated carbocycles. The summed E-state index contributed by atoms with van der Waals surface area (Å²) in [7, 11) is 0. The van der Waals surface area contributed by atoms with Crippen LogP contribution in [0.15, 0.2) is 72.8 Å². The smallest absolute Gasteiger partial charge is 0.336 e. The van der Waals surface area contributed by atoms with Crippen molar-refractivity contribution in [2.45, 2.75) is 0 Å². The summed E-state index contributed by atoms with van der Waals surface area (Å²) in [6, 6.07) is 19.1. The van der Waals surface area contributed by atoms with E-state index in [0.29, 0.717) is 0 Å². The molecule has 0 aliphatic rings. The number of fused-ring (bicyclic) bond motifs is 1. The van der Waals surface area contributed by atoms with E-state index in [0.717, 1.165) is 16.3 Å². The average molecular weight is 319 g/mol. The van der Waals surface area contributed by atoms with Crippen molar-refractivity contribution in [3.63, 3.8) is 0 Å². The molecular formula is C19H13NO4. The minimum Gasteiger partial charge on any atom is -0.423 e. The highest BCUT2D eigenvalue weighted by Crippen LogP contribution is 2.20. The van der Waals surface area contributed by atoms with Crippen molar-refractivity contribution in [3.8, 4) is 5.75 Å². The van der Waals surface area contributed by atoms with Crippen LogP contribution in [0.1, 0.15) is 5.56 Å². The molecule has 5 nitrogen and oxygen atoms in total. The zero-order valence-electron chi connectivity index (χ0n) is 12.6. The Morgan fingerprint density at radius 1 is 0.958 bits per heavy atom. The third kappa shape index (κ3) is 3.47. The first kappa shape index (κ1) is 15.4. The first-order chi connectivity index (χ1) is 11.6. The molecule has 0 fully saturated rings. The molecule has 0 bridgehead atoms. The van der Waals surface area contributed by atoms with E-state index in [1.165, 1.54) is 30.3 Å². The van der Waals surface area contributed by atoms with Crippen LogP contribution in [0.4, 0.5) is 5.69 Å². The topological polar surface area (TPSA) is 69.4 Å². The fraction of sp³-hybridized carbons (Fsp3) is 0. The zero-order chi connectivity index (χ0) is 16.9. The molecule has 118 valence electrons. The molecule has 0 radical (unpaired) electrons.